The zero-order chi connectivity index (χ0) is 30.3. The van der Waals surface area contributed by atoms with Crippen LogP contribution >= 0.6 is 0 Å². The van der Waals surface area contributed by atoms with Gasteiger partial charge in [-0.1, -0.05) is 0 Å². The fourth-order valence-electron chi connectivity index (χ4n) is 5.14. The lowest BCUT2D eigenvalue weighted by atomic mass is 10.0. The summed E-state index contributed by atoms with van der Waals surface area (Å²) in [6.07, 6.45) is 1.59. The number of rotatable bonds is 12. The molecule has 13 heteroatoms. The van der Waals surface area contributed by atoms with E-state index in [1.807, 2.05) is 20.8 Å². The van der Waals surface area contributed by atoms with E-state index in [1.165, 1.54) is 0 Å². The highest BCUT2D eigenvalue weighted by molar-refractivity contribution is 6.23. The van der Waals surface area contributed by atoms with E-state index < -0.39 is 35.3 Å². The van der Waals surface area contributed by atoms with Crippen LogP contribution in [0.1, 0.15) is 67.2 Å². The molecule has 13 nitrogen and oxygen atoms in total. The number of carbonyl (C=O) groups is 5. The van der Waals surface area contributed by atoms with E-state index in [0.717, 1.165) is 37.4 Å². The summed E-state index contributed by atoms with van der Waals surface area (Å²) in [5, 5.41) is 8.31. The molecule has 4 rings (SSSR count). The number of likely N-dealkylation sites (tertiary alicyclic amines) is 1. The molecule has 0 radical (unpaired) electrons. The number of fused-ring (bicyclic) bond motifs is 1. The molecule has 2 saturated heterocycles. The second-order valence-corrected chi connectivity index (χ2v) is 11.6. The Hall–Kier alpha value is -3.55. The Morgan fingerprint density at radius 3 is 2.33 bits per heavy atom. The first-order valence-electron chi connectivity index (χ1n) is 14.5. The zero-order valence-corrected chi connectivity index (χ0v) is 24.5. The number of nitrogens with one attached hydrogen (secondary N) is 3. The molecule has 1 aromatic rings. The first-order chi connectivity index (χ1) is 20.0. The lowest BCUT2D eigenvalue weighted by Crippen LogP contribution is -2.54. The van der Waals surface area contributed by atoms with Crippen LogP contribution in [0.5, 0.6) is 0 Å². The average Bonchev–Trinajstić information content (AvgIpc) is 3.16. The quantitative estimate of drug-likeness (QED) is 0.242. The maximum Gasteiger partial charge on any atom is 0.407 e. The third-order valence-electron chi connectivity index (χ3n) is 7.25. The fourth-order valence-corrected chi connectivity index (χ4v) is 5.14. The number of imide groups is 2. The summed E-state index contributed by atoms with van der Waals surface area (Å²) >= 11 is 0. The summed E-state index contributed by atoms with van der Waals surface area (Å²) in [7, 11) is 0. The summed E-state index contributed by atoms with van der Waals surface area (Å²) in [6.45, 7) is 10.6. The number of piperidine rings is 2. The van der Waals surface area contributed by atoms with Crippen LogP contribution in [0.25, 0.3) is 0 Å². The lowest BCUT2D eigenvalue weighted by molar-refractivity contribution is -0.136. The maximum absolute atomic E-state index is 12.9. The van der Waals surface area contributed by atoms with Crippen molar-refractivity contribution in [1.82, 2.24) is 20.4 Å². The van der Waals surface area contributed by atoms with Crippen LogP contribution in [0, 0.1) is 0 Å². The monoisotopic (exact) mass is 587 g/mol. The van der Waals surface area contributed by atoms with Gasteiger partial charge < -0.3 is 29.7 Å². The van der Waals surface area contributed by atoms with Gasteiger partial charge in [-0.05, 0) is 58.2 Å². The number of alkyl carbamates (subject to hydrolysis) is 1. The second kappa shape index (κ2) is 14.1. The summed E-state index contributed by atoms with van der Waals surface area (Å²) in [5.41, 5.74) is 0.628. The van der Waals surface area contributed by atoms with Crippen LogP contribution in [0.3, 0.4) is 0 Å². The molecule has 1 aromatic carbocycles. The molecule has 0 aliphatic carbocycles. The molecule has 1 atom stereocenters. The fraction of sp³-hybridized carbons (Fsp3) is 0.621. The van der Waals surface area contributed by atoms with Crippen LogP contribution < -0.4 is 16.0 Å². The molecule has 2 fully saturated rings. The molecule has 0 aromatic heterocycles. The first-order valence-corrected chi connectivity index (χ1v) is 14.5. The van der Waals surface area contributed by atoms with Crippen LogP contribution in [-0.4, -0.2) is 110 Å². The third-order valence-corrected chi connectivity index (χ3v) is 7.25. The van der Waals surface area contributed by atoms with Crippen molar-refractivity contribution in [2.45, 2.75) is 64.1 Å². The molecule has 230 valence electrons. The average molecular weight is 588 g/mol. The van der Waals surface area contributed by atoms with E-state index >= 15 is 0 Å². The van der Waals surface area contributed by atoms with Crippen molar-refractivity contribution < 1.29 is 38.2 Å². The van der Waals surface area contributed by atoms with Gasteiger partial charge in [-0.3, -0.25) is 29.4 Å². The van der Waals surface area contributed by atoms with E-state index in [-0.39, 0.29) is 36.1 Å². The molecule has 0 saturated carbocycles. The molecule has 5 amide bonds. The van der Waals surface area contributed by atoms with E-state index in [0.29, 0.717) is 38.7 Å². The molecule has 3 aliphatic rings. The van der Waals surface area contributed by atoms with Crippen LogP contribution in [0.15, 0.2) is 18.2 Å². The molecule has 1 unspecified atom stereocenters. The minimum absolute atomic E-state index is 0.0805. The minimum Gasteiger partial charge on any atom is -0.444 e. The van der Waals surface area contributed by atoms with Gasteiger partial charge in [0.25, 0.3) is 11.8 Å². The molecule has 3 heterocycles. The summed E-state index contributed by atoms with van der Waals surface area (Å²) in [4.78, 5) is 64.6. The smallest absolute Gasteiger partial charge is 0.407 e. The van der Waals surface area contributed by atoms with E-state index in [9.17, 15) is 24.0 Å². The SMILES string of the molecule is CC(C)(C)OC(=O)NC1CCN(CCOCCOCCNc2ccc3c(c2)C(=O)N(C2CCC(=O)NC2=O)C3=O)CC1. The van der Waals surface area contributed by atoms with Crippen LogP contribution in [0.2, 0.25) is 0 Å². The molecular formula is C29H41N5O8. The highest BCUT2D eigenvalue weighted by atomic mass is 16.6. The number of amides is 5. The van der Waals surface area contributed by atoms with Crippen molar-refractivity contribution in [3.8, 4) is 0 Å². The predicted molar refractivity (Wildman–Crippen MR) is 152 cm³/mol. The van der Waals surface area contributed by atoms with Gasteiger partial charge in [-0.15, -0.1) is 0 Å². The Kier molecular flexibility index (Phi) is 10.5. The normalized spacial score (nSPS) is 20.0. The summed E-state index contributed by atoms with van der Waals surface area (Å²) in [5.74, 6) is -2.10. The molecule has 42 heavy (non-hydrogen) atoms. The van der Waals surface area contributed by atoms with Crippen molar-refractivity contribution in [3.05, 3.63) is 29.3 Å². The Morgan fingerprint density at radius 2 is 1.64 bits per heavy atom. The Balaban J connectivity index is 1.06. The van der Waals surface area contributed by atoms with Crippen molar-refractivity contribution in [3.63, 3.8) is 0 Å². The van der Waals surface area contributed by atoms with Crippen molar-refractivity contribution in [2.24, 2.45) is 0 Å². The summed E-state index contributed by atoms with van der Waals surface area (Å²) in [6, 6.07) is 4.02. The van der Waals surface area contributed by atoms with Gasteiger partial charge in [0.1, 0.15) is 11.6 Å². The van der Waals surface area contributed by atoms with Crippen molar-refractivity contribution in [1.29, 1.82) is 0 Å². The molecule has 0 spiro atoms. The first kappa shape index (κ1) is 31.4. The Morgan fingerprint density at radius 1 is 0.952 bits per heavy atom. The Bertz CT molecular complexity index is 1180. The number of anilines is 1. The molecular weight excluding hydrogens is 546 g/mol. The molecule has 3 N–H and O–H groups in total. The molecule has 3 aliphatic heterocycles. The van der Waals surface area contributed by atoms with Crippen LogP contribution in [-0.2, 0) is 23.8 Å². The van der Waals surface area contributed by atoms with Crippen molar-refractivity contribution >= 4 is 35.4 Å². The van der Waals surface area contributed by atoms with Gasteiger partial charge in [-0.2, -0.15) is 0 Å². The standard InChI is InChI=1S/C29H41N5O8/c1-29(2,3)42-28(39)31-19-8-11-33(12-9-19)13-15-41-17-16-40-14-10-30-20-4-5-21-22(18-20)27(38)34(26(21)37)23-6-7-24(35)32-25(23)36/h4-5,18-19,23,30H,6-17H2,1-3H3,(H,31,39)(H,32,35,36). The number of benzene rings is 1. The second-order valence-electron chi connectivity index (χ2n) is 11.6. The Labute approximate surface area is 245 Å². The van der Waals surface area contributed by atoms with Gasteiger partial charge in [0.05, 0.1) is 37.6 Å². The highest BCUT2D eigenvalue weighted by Crippen LogP contribution is 2.29. The summed E-state index contributed by atoms with van der Waals surface area (Å²) < 4.78 is 16.6. The third kappa shape index (κ3) is 8.49. The van der Waals surface area contributed by atoms with Crippen LogP contribution in [0.4, 0.5) is 10.5 Å². The van der Waals surface area contributed by atoms with Crippen molar-refractivity contribution in [2.75, 3.05) is 57.9 Å². The van der Waals surface area contributed by atoms with E-state index in [4.69, 9.17) is 14.2 Å². The number of hydrogen-bond donors (Lipinski definition) is 3. The number of carbonyl (C=O) groups excluding carboxylic acids is 5. The zero-order valence-electron chi connectivity index (χ0n) is 24.5. The predicted octanol–water partition coefficient (Wildman–Crippen LogP) is 1.52. The topological polar surface area (TPSA) is 156 Å². The van der Waals surface area contributed by atoms with Gasteiger partial charge in [0.2, 0.25) is 11.8 Å². The number of hydrogen-bond acceptors (Lipinski definition) is 10. The van der Waals surface area contributed by atoms with E-state index in [2.05, 4.69) is 20.9 Å². The van der Waals surface area contributed by atoms with Gasteiger partial charge in [0, 0.05) is 44.3 Å². The van der Waals surface area contributed by atoms with Gasteiger partial charge in [0.15, 0.2) is 0 Å². The lowest BCUT2D eigenvalue weighted by Gasteiger charge is -2.32. The van der Waals surface area contributed by atoms with Gasteiger partial charge >= 0.3 is 6.09 Å². The maximum atomic E-state index is 12.9. The number of ether oxygens (including phenoxy) is 3. The molecule has 0 bridgehead atoms. The largest absolute Gasteiger partial charge is 0.444 e. The highest BCUT2D eigenvalue weighted by Gasteiger charge is 2.44. The number of nitrogens with zero attached hydrogens (tertiary/aromatic N) is 2. The van der Waals surface area contributed by atoms with Gasteiger partial charge in [-0.25, -0.2) is 4.79 Å². The minimum atomic E-state index is -0.984. The van der Waals surface area contributed by atoms with E-state index in [1.54, 1.807) is 18.2 Å².